The lowest BCUT2D eigenvalue weighted by Gasteiger charge is -2.05. The number of ketones is 2. The van der Waals surface area contributed by atoms with Crippen LogP contribution < -0.4 is 0 Å². The molecular weight excluding hydrogens is 357 g/mol. The molecule has 0 amide bonds. The number of hydrogen-bond acceptors (Lipinski definition) is 2. The first-order chi connectivity index (χ1) is 11.8. The first kappa shape index (κ1) is 18.0. The van der Waals surface area contributed by atoms with Gasteiger partial charge in [-0.05, 0) is 57.2 Å². The maximum Gasteiger partial charge on any atom is 0.180 e. The summed E-state index contributed by atoms with van der Waals surface area (Å²) in [5.41, 5.74) is 3.21. The quantitative estimate of drug-likeness (QED) is 0.440. The van der Waals surface area contributed by atoms with Gasteiger partial charge in [-0.25, -0.2) is 0 Å². The zero-order valence-electron chi connectivity index (χ0n) is 14.3. The van der Waals surface area contributed by atoms with Crippen molar-refractivity contribution >= 4 is 56.6 Å². The van der Waals surface area contributed by atoms with Gasteiger partial charge in [0.25, 0.3) is 0 Å². The summed E-state index contributed by atoms with van der Waals surface area (Å²) in [5, 5.41) is 0.728. The van der Waals surface area contributed by atoms with E-state index in [9.17, 15) is 9.59 Å². The fourth-order valence-corrected chi connectivity index (χ4v) is 3.46. The van der Waals surface area contributed by atoms with Gasteiger partial charge in [0, 0.05) is 39.5 Å². The maximum absolute atomic E-state index is 12.3. The summed E-state index contributed by atoms with van der Waals surface area (Å²) in [6.45, 7) is 6.20. The van der Waals surface area contributed by atoms with Crippen molar-refractivity contribution < 1.29 is 9.59 Å². The van der Waals surface area contributed by atoms with Gasteiger partial charge in [0.1, 0.15) is 0 Å². The van der Waals surface area contributed by atoms with Gasteiger partial charge in [0.15, 0.2) is 11.6 Å². The number of aryl methyl sites for hydroxylation is 1. The van der Waals surface area contributed by atoms with E-state index in [2.05, 4.69) is 11.5 Å². The number of rotatable bonds is 5. The molecule has 3 nitrogen and oxygen atoms in total. The number of carbonyl (C=O) groups excluding carboxylic acids is 2. The second kappa shape index (κ2) is 6.81. The Kier molecular flexibility index (Phi) is 4.90. The average Bonchev–Trinajstić information content (AvgIpc) is 2.92. The number of fused-ring (bicyclic) bond motifs is 3. The Morgan fingerprint density at radius 3 is 1.60 bits per heavy atom. The van der Waals surface area contributed by atoms with Crippen molar-refractivity contribution in [1.29, 1.82) is 0 Å². The second-order valence-electron chi connectivity index (χ2n) is 6.17. The number of Topliss-reactive ketones (excluding diaryl/α,β-unsaturated/α-hetero) is 2. The molecule has 0 N–H and O–H groups in total. The van der Waals surface area contributed by atoms with E-state index in [0.717, 1.165) is 28.4 Å². The lowest BCUT2D eigenvalue weighted by atomic mass is 10.0. The molecular formula is C20H19Cl2NO2. The molecule has 130 valence electrons. The molecule has 0 saturated carbocycles. The van der Waals surface area contributed by atoms with Crippen molar-refractivity contribution in [3.63, 3.8) is 0 Å². The lowest BCUT2D eigenvalue weighted by molar-refractivity contribution is 0.0984. The average molecular weight is 376 g/mol. The third-order valence-corrected chi connectivity index (χ3v) is 4.87. The third kappa shape index (κ3) is 3.07. The van der Waals surface area contributed by atoms with Crippen LogP contribution in [0.1, 0.15) is 41.5 Å². The van der Waals surface area contributed by atoms with Crippen LogP contribution in [0.3, 0.4) is 0 Å². The highest BCUT2D eigenvalue weighted by molar-refractivity contribution is 6.34. The van der Waals surface area contributed by atoms with Crippen LogP contribution >= 0.6 is 23.2 Å². The van der Waals surface area contributed by atoms with Crippen molar-refractivity contribution in [3.05, 3.63) is 47.5 Å². The summed E-state index contributed by atoms with van der Waals surface area (Å²) < 4.78 is 2.17. The lowest BCUT2D eigenvalue weighted by Crippen LogP contribution is -2.10. The Morgan fingerprint density at radius 1 is 0.880 bits per heavy atom. The molecule has 0 spiro atoms. The highest BCUT2D eigenvalue weighted by atomic mass is 35.5. The summed E-state index contributed by atoms with van der Waals surface area (Å²) in [7, 11) is 0. The van der Waals surface area contributed by atoms with Gasteiger partial charge in [0.2, 0.25) is 0 Å². The summed E-state index contributed by atoms with van der Waals surface area (Å²) >= 11 is 11.9. The van der Waals surface area contributed by atoms with E-state index in [4.69, 9.17) is 23.2 Å². The highest BCUT2D eigenvalue weighted by Crippen LogP contribution is 2.31. The van der Waals surface area contributed by atoms with E-state index >= 15 is 0 Å². The second-order valence-corrected chi connectivity index (χ2v) is 7.48. The number of carbonyl (C=O) groups is 2. The van der Waals surface area contributed by atoms with Gasteiger partial charge in [-0.3, -0.25) is 9.59 Å². The summed E-state index contributed by atoms with van der Waals surface area (Å²) in [6.07, 6.45) is 0. The number of hydrogen-bond donors (Lipinski definition) is 0. The molecule has 2 atom stereocenters. The fraction of sp³-hybridized carbons (Fsp3) is 0.300. The molecule has 0 aliphatic heterocycles. The van der Waals surface area contributed by atoms with Crippen LogP contribution in [0, 0.1) is 0 Å². The zero-order valence-corrected chi connectivity index (χ0v) is 15.9. The normalized spacial score (nSPS) is 14.0. The van der Waals surface area contributed by atoms with E-state index in [1.54, 1.807) is 13.8 Å². The minimum absolute atomic E-state index is 0.109. The molecule has 0 aliphatic carbocycles. The number of aromatic nitrogens is 1. The van der Waals surface area contributed by atoms with Gasteiger partial charge in [-0.1, -0.05) is 0 Å². The van der Waals surface area contributed by atoms with Gasteiger partial charge in [0.05, 0.1) is 10.8 Å². The molecule has 0 radical (unpaired) electrons. The molecule has 2 aromatic carbocycles. The van der Waals surface area contributed by atoms with Crippen LogP contribution in [-0.4, -0.2) is 26.9 Å². The molecule has 25 heavy (non-hydrogen) atoms. The SMILES string of the molecule is CCn1c2ccc(C(=O)C(C)Cl)cc2c2cc(C(=O)C(C)Cl)ccc21. The van der Waals surface area contributed by atoms with Crippen molar-refractivity contribution in [2.24, 2.45) is 0 Å². The first-order valence-electron chi connectivity index (χ1n) is 8.27. The maximum atomic E-state index is 12.3. The molecule has 0 aliphatic rings. The first-order valence-corrected chi connectivity index (χ1v) is 9.15. The molecule has 3 aromatic rings. The van der Waals surface area contributed by atoms with Crippen molar-refractivity contribution in [2.75, 3.05) is 0 Å². The Bertz CT molecular complexity index is 909. The third-order valence-electron chi connectivity index (χ3n) is 4.47. The van der Waals surface area contributed by atoms with E-state index in [-0.39, 0.29) is 11.6 Å². The Labute approximate surface area is 156 Å². The number of benzene rings is 2. The number of halogens is 2. The predicted molar refractivity (Wildman–Crippen MR) is 104 cm³/mol. The predicted octanol–water partition coefficient (Wildman–Crippen LogP) is 5.43. The Hall–Kier alpha value is -1.84. The van der Waals surface area contributed by atoms with Gasteiger partial charge < -0.3 is 4.57 Å². The van der Waals surface area contributed by atoms with Gasteiger partial charge in [-0.15, -0.1) is 23.2 Å². The largest absolute Gasteiger partial charge is 0.341 e. The number of nitrogens with zero attached hydrogens (tertiary/aromatic N) is 1. The summed E-state index contributed by atoms with van der Waals surface area (Å²) in [6, 6.07) is 11.2. The van der Waals surface area contributed by atoms with E-state index in [0.29, 0.717) is 11.1 Å². The molecule has 0 bridgehead atoms. The van der Waals surface area contributed by atoms with Crippen LogP contribution in [0.25, 0.3) is 21.8 Å². The van der Waals surface area contributed by atoms with Crippen molar-refractivity contribution in [2.45, 2.75) is 38.1 Å². The molecule has 0 fully saturated rings. The molecule has 3 rings (SSSR count). The van der Waals surface area contributed by atoms with E-state index in [1.165, 1.54) is 0 Å². The van der Waals surface area contributed by atoms with Gasteiger partial charge in [-0.2, -0.15) is 0 Å². The fourth-order valence-electron chi connectivity index (χ4n) is 3.21. The summed E-state index contributed by atoms with van der Waals surface area (Å²) in [4.78, 5) is 24.5. The van der Waals surface area contributed by atoms with Crippen LogP contribution in [0.15, 0.2) is 36.4 Å². The monoisotopic (exact) mass is 375 g/mol. The Balaban J connectivity index is 2.30. The molecule has 0 saturated heterocycles. The van der Waals surface area contributed by atoms with E-state index < -0.39 is 10.8 Å². The topological polar surface area (TPSA) is 39.1 Å². The number of alkyl halides is 2. The zero-order chi connectivity index (χ0) is 18.3. The van der Waals surface area contributed by atoms with Crippen LogP contribution in [0.4, 0.5) is 0 Å². The molecule has 5 heteroatoms. The molecule has 1 aromatic heterocycles. The molecule has 2 unspecified atom stereocenters. The van der Waals surface area contributed by atoms with Crippen molar-refractivity contribution in [3.8, 4) is 0 Å². The highest BCUT2D eigenvalue weighted by Gasteiger charge is 2.18. The minimum atomic E-state index is -0.578. The van der Waals surface area contributed by atoms with Crippen LogP contribution in [0.5, 0.6) is 0 Å². The minimum Gasteiger partial charge on any atom is -0.341 e. The van der Waals surface area contributed by atoms with E-state index in [1.807, 2.05) is 36.4 Å². The Morgan fingerprint density at radius 2 is 1.28 bits per heavy atom. The standard InChI is InChI=1S/C20H19Cl2NO2/c1-4-23-17-7-5-13(19(24)11(2)21)9-15(17)16-10-14(6-8-18(16)23)20(25)12(3)22/h5-12H,4H2,1-3H3. The van der Waals surface area contributed by atoms with Crippen LogP contribution in [0.2, 0.25) is 0 Å². The smallest absolute Gasteiger partial charge is 0.180 e. The van der Waals surface area contributed by atoms with Crippen molar-refractivity contribution in [1.82, 2.24) is 4.57 Å². The summed E-state index contributed by atoms with van der Waals surface area (Å²) in [5.74, 6) is -0.217. The molecule has 1 heterocycles. The van der Waals surface area contributed by atoms with Gasteiger partial charge >= 0.3 is 0 Å². The van der Waals surface area contributed by atoms with Crippen LogP contribution in [-0.2, 0) is 6.54 Å².